The largest absolute Gasteiger partial charge is 0.598 e. The minimum atomic E-state index is -4.67. The number of halogens is 4. The van der Waals surface area contributed by atoms with E-state index in [1.165, 1.54) is 0 Å². The topological polar surface area (TPSA) is 61.4 Å². The van der Waals surface area contributed by atoms with Crippen molar-refractivity contribution in [1.82, 2.24) is 4.72 Å². The van der Waals surface area contributed by atoms with E-state index in [-0.39, 0.29) is 0 Å². The second kappa shape index (κ2) is 7.71. The second-order valence-electron chi connectivity index (χ2n) is 6.07. The van der Waals surface area contributed by atoms with Gasteiger partial charge < -0.3 is 9.29 Å². The summed E-state index contributed by atoms with van der Waals surface area (Å²) in [6, 6.07) is 0.661. The molecular formula is C15H19F4NO3S. The SMILES string of the molecule is COC(=O)C[C@H](N[S@+]([O-])C(C)(C)C)c1cc(C(F)(F)F)ccc1F. The lowest BCUT2D eigenvalue weighted by Gasteiger charge is -2.28. The van der Waals surface area contributed by atoms with E-state index in [0.717, 1.165) is 7.11 Å². The van der Waals surface area contributed by atoms with Crippen molar-refractivity contribution in [3.05, 3.63) is 35.1 Å². The molecule has 0 heterocycles. The average molecular weight is 369 g/mol. The summed E-state index contributed by atoms with van der Waals surface area (Å²) >= 11 is -1.73. The normalized spacial score (nSPS) is 15.0. The predicted molar refractivity (Wildman–Crippen MR) is 81.8 cm³/mol. The first-order valence-corrected chi connectivity index (χ1v) is 8.12. The van der Waals surface area contributed by atoms with E-state index in [0.29, 0.717) is 18.2 Å². The lowest BCUT2D eigenvalue weighted by Crippen LogP contribution is -2.42. The van der Waals surface area contributed by atoms with Gasteiger partial charge in [0.1, 0.15) is 10.6 Å². The standard InChI is InChI=1S/C15H19F4NO3S/c1-14(2,3)24(22)20-12(8-13(21)23-4)10-7-9(15(17,18)19)5-6-11(10)16/h5-7,12,20H,8H2,1-4H3/t12-,24+/m0/s1. The molecule has 0 aliphatic heterocycles. The van der Waals surface area contributed by atoms with Gasteiger partial charge in [-0.25, -0.2) is 4.39 Å². The first-order chi connectivity index (χ1) is 10.9. The van der Waals surface area contributed by atoms with Crippen LogP contribution in [0.15, 0.2) is 18.2 Å². The van der Waals surface area contributed by atoms with Gasteiger partial charge in [-0.2, -0.15) is 13.2 Å². The van der Waals surface area contributed by atoms with Crippen LogP contribution in [0.3, 0.4) is 0 Å². The van der Waals surface area contributed by atoms with Gasteiger partial charge in [-0.1, -0.05) is 0 Å². The average Bonchev–Trinajstić information content (AvgIpc) is 2.44. The van der Waals surface area contributed by atoms with Crippen molar-refractivity contribution in [3.63, 3.8) is 0 Å². The molecule has 4 nitrogen and oxygen atoms in total. The van der Waals surface area contributed by atoms with Gasteiger partial charge in [0.05, 0.1) is 25.1 Å². The van der Waals surface area contributed by atoms with E-state index in [4.69, 9.17) is 0 Å². The molecule has 0 bridgehead atoms. The highest BCUT2D eigenvalue weighted by Gasteiger charge is 2.35. The molecule has 1 aromatic rings. The zero-order valence-corrected chi connectivity index (χ0v) is 14.5. The van der Waals surface area contributed by atoms with E-state index < -0.39 is 57.7 Å². The Bertz CT molecular complexity index is 587. The van der Waals surface area contributed by atoms with Crippen molar-refractivity contribution in [2.45, 2.75) is 44.2 Å². The molecule has 0 aromatic heterocycles. The number of hydrogen-bond acceptors (Lipinski definition) is 4. The Morgan fingerprint density at radius 3 is 2.38 bits per heavy atom. The molecule has 0 fully saturated rings. The van der Waals surface area contributed by atoms with Crippen molar-refractivity contribution in [2.24, 2.45) is 0 Å². The molecule has 1 rings (SSSR count). The number of esters is 1. The summed E-state index contributed by atoms with van der Waals surface area (Å²) < 4.78 is 71.1. The number of ether oxygens (including phenoxy) is 1. The summed E-state index contributed by atoms with van der Waals surface area (Å²) in [7, 11) is 1.10. The lowest BCUT2D eigenvalue weighted by atomic mass is 10.0. The Balaban J connectivity index is 3.25. The van der Waals surface area contributed by atoms with Crippen LogP contribution >= 0.6 is 0 Å². The van der Waals surface area contributed by atoms with E-state index in [1.807, 2.05) is 0 Å². The first kappa shape index (κ1) is 20.7. The van der Waals surface area contributed by atoms with Gasteiger partial charge in [-0.05, 0) is 39.0 Å². The Morgan fingerprint density at radius 1 is 1.33 bits per heavy atom. The smallest absolute Gasteiger partial charge is 0.416 e. The fraction of sp³-hybridized carbons (Fsp3) is 0.533. The predicted octanol–water partition coefficient (Wildman–Crippen LogP) is 3.50. The van der Waals surface area contributed by atoms with Crippen LogP contribution in [0.1, 0.15) is 44.4 Å². The zero-order chi connectivity index (χ0) is 18.7. The highest BCUT2D eigenvalue weighted by Crippen LogP contribution is 2.33. The Hall–Kier alpha value is -1.32. The fourth-order valence-corrected chi connectivity index (χ4v) is 2.58. The van der Waals surface area contributed by atoms with Crippen molar-refractivity contribution in [1.29, 1.82) is 0 Å². The van der Waals surface area contributed by atoms with Gasteiger partial charge >= 0.3 is 12.1 Å². The van der Waals surface area contributed by atoms with Gasteiger partial charge in [0, 0.05) is 16.9 Å². The summed E-state index contributed by atoms with van der Waals surface area (Å²) in [5, 5.41) is 0. The van der Waals surface area contributed by atoms with Gasteiger partial charge in [-0.15, -0.1) is 4.72 Å². The molecule has 9 heteroatoms. The maximum absolute atomic E-state index is 14.1. The maximum atomic E-state index is 14.1. The lowest BCUT2D eigenvalue weighted by molar-refractivity contribution is -0.141. The molecule has 0 saturated carbocycles. The summed E-state index contributed by atoms with van der Waals surface area (Å²) in [6.45, 7) is 4.90. The van der Waals surface area contributed by atoms with Crippen LogP contribution in [-0.4, -0.2) is 22.4 Å². The highest BCUT2D eigenvalue weighted by molar-refractivity contribution is 7.90. The third kappa shape index (κ3) is 5.64. The maximum Gasteiger partial charge on any atom is 0.416 e. The van der Waals surface area contributed by atoms with Crippen LogP contribution in [0.2, 0.25) is 0 Å². The number of nitrogens with one attached hydrogen (secondary N) is 1. The number of benzene rings is 1. The molecule has 0 radical (unpaired) electrons. The van der Waals surface area contributed by atoms with Crippen molar-refractivity contribution in [3.8, 4) is 0 Å². The Labute approximate surface area is 140 Å². The number of methoxy groups -OCH3 is 1. The van der Waals surface area contributed by atoms with Crippen LogP contribution in [-0.2, 0) is 27.1 Å². The number of carbonyl (C=O) groups excluding carboxylic acids is 1. The monoisotopic (exact) mass is 369 g/mol. The van der Waals surface area contributed by atoms with Crippen LogP contribution in [0, 0.1) is 5.82 Å². The molecule has 0 aliphatic rings. The highest BCUT2D eigenvalue weighted by atomic mass is 32.2. The molecule has 1 N–H and O–H groups in total. The molecule has 24 heavy (non-hydrogen) atoms. The van der Waals surface area contributed by atoms with Gasteiger partial charge in [0.15, 0.2) is 0 Å². The van der Waals surface area contributed by atoms with Gasteiger partial charge in [0.2, 0.25) is 0 Å². The second-order valence-corrected chi connectivity index (χ2v) is 8.06. The summed E-state index contributed by atoms with van der Waals surface area (Å²) in [5.41, 5.74) is -1.45. The van der Waals surface area contributed by atoms with E-state index >= 15 is 0 Å². The molecule has 0 saturated heterocycles. The Morgan fingerprint density at radius 2 is 1.92 bits per heavy atom. The van der Waals surface area contributed by atoms with Gasteiger partial charge in [-0.3, -0.25) is 4.79 Å². The first-order valence-electron chi connectivity index (χ1n) is 6.97. The van der Waals surface area contributed by atoms with Crippen LogP contribution in [0.4, 0.5) is 17.6 Å². The third-order valence-corrected chi connectivity index (χ3v) is 4.71. The molecule has 2 atom stereocenters. The molecule has 0 unspecified atom stereocenters. The molecule has 0 amide bonds. The fourth-order valence-electron chi connectivity index (χ4n) is 1.76. The molecule has 0 aliphatic carbocycles. The van der Waals surface area contributed by atoms with E-state index in [2.05, 4.69) is 9.46 Å². The summed E-state index contributed by atoms with van der Waals surface area (Å²) in [5.74, 6) is -1.70. The summed E-state index contributed by atoms with van der Waals surface area (Å²) in [6.07, 6.45) is -5.13. The molecular weight excluding hydrogens is 350 g/mol. The Kier molecular flexibility index (Phi) is 6.66. The summed E-state index contributed by atoms with van der Waals surface area (Å²) in [4.78, 5) is 11.5. The molecule has 136 valence electrons. The van der Waals surface area contributed by atoms with Gasteiger partial charge in [0.25, 0.3) is 0 Å². The minimum Gasteiger partial charge on any atom is -0.598 e. The number of rotatable bonds is 5. The number of alkyl halides is 3. The number of hydrogen-bond donors (Lipinski definition) is 1. The molecule has 0 spiro atoms. The van der Waals surface area contributed by atoms with Crippen LogP contribution < -0.4 is 4.72 Å². The van der Waals surface area contributed by atoms with E-state index in [9.17, 15) is 26.9 Å². The van der Waals surface area contributed by atoms with Crippen molar-refractivity contribution < 1.29 is 31.6 Å². The zero-order valence-electron chi connectivity index (χ0n) is 13.7. The van der Waals surface area contributed by atoms with Crippen LogP contribution in [0.5, 0.6) is 0 Å². The van der Waals surface area contributed by atoms with E-state index in [1.54, 1.807) is 20.8 Å². The molecule has 1 aromatic carbocycles. The van der Waals surface area contributed by atoms with Crippen molar-refractivity contribution in [2.75, 3.05) is 7.11 Å². The van der Waals surface area contributed by atoms with Crippen LogP contribution in [0.25, 0.3) is 0 Å². The minimum absolute atomic E-state index is 0.396. The third-order valence-electron chi connectivity index (χ3n) is 3.10. The van der Waals surface area contributed by atoms with Crippen molar-refractivity contribution >= 4 is 17.3 Å². The quantitative estimate of drug-likeness (QED) is 0.490. The number of carbonyl (C=O) groups is 1.